The molecule has 0 spiro atoms. The van der Waals surface area contributed by atoms with Gasteiger partial charge in [0.05, 0.1) is 24.8 Å². The number of nitrogens with one attached hydrogen (secondary N) is 1. The number of carbonyl (C=O) groups is 4. The molecule has 2 saturated heterocycles. The van der Waals surface area contributed by atoms with Gasteiger partial charge in [-0.05, 0) is 115 Å². The number of esters is 1. The van der Waals surface area contributed by atoms with Gasteiger partial charge < -0.3 is 38.5 Å². The monoisotopic (exact) mass is 803 g/mol. The van der Waals surface area contributed by atoms with E-state index in [2.05, 4.69) is 26.1 Å². The number of piperidine rings is 1. The van der Waals surface area contributed by atoms with Crippen LogP contribution in [0.5, 0.6) is 5.75 Å². The Morgan fingerprint density at radius 2 is 1.60 bits per heavy atom. The summed E-state index contributed by atoms with van der Waals surface area (Å²) in [7, 11) is 0.681. The number of para-hydroxylation sites is 1. The Morgan fingerprint density at radius 1 is 0.931 bits per heavy atom. The van der Waals surface area contributed by atoms with Gasteiger partial charge in [-0.1, -0.05) is 56.3 Å². The maximum absolute atomic E-state index is 14.4. The van der Waals surface area contributed by atoms with Crippen LogP contribution in [0.25, 0.3) is 0 Å². The van der Waals surface area contributed by atoms with Crippen LogP contribution in [0.2, 0.25) is 0 Å². The molecule has 5 aliphatic rings. The normalized spacial score (nSPS) is 24.5. The van der Waals surface area contributed by atoms with Crippen molar-refractivity contribution in [1.82, 2.24) is 15.1 Å². The molecule has 3 aliphatic carbocycles. The third kappa shape index (κ3) is 9.59. The van der Waals surface area contributed by atoms with Crippen LogP contribution in [0.1, 0.15) is 109 Å². The largest absolute Gasteiger partial charge is 0.496 e. The van der Waals surface area contributed by atoms with Crippen LogP contribution >= 0.6 is 0 Å². The van der Waals surface area contributed by atoms with Crippen LogP contribution in [-0.2, 0) is 41.3 Å². The number of rotatable bonds is 11. The molecule has 13 nitrogen and oxygen atoms in total. The summed E-state index contributed by atoms with van der Waals surface area (Å²) >= 11 is 0. The molecule has 7 rings (SSSR count). The molecule has 0 aromatic heterocycles. The Balaban J connectivity index is 1.25. The van der Waals surface area contributed by atoms with Gasteiger partial charge in [-0.2, -0.15) is 0 Å². The van der Waals surface area contributed by atoms with Crippen LogP contribution in [0.4, 0.5) is 9.59 Å². The molecule has 3 saturated carbocycles. The highest BCUT2D eigenvalue weighted by Crippen LogP contribution is 2.65. The minimum Gasteiger partial charge on any atom is -0.496 e. The predicted molar refractivity (Wildman–Crippen MR) is 218 cm³/mol. The zero-order valence-electron chi connectivity index (χ0n) is 35.9. The maximum atomic E-state index is 14.4. The first kappa shape index (κ1) is 43.3. The summed E-state index contributed by atoms with van der Waals surface area (Å²) in [5, 5.41) is 3.18. The highest BCUT2D eigenvalue weighted by Gasteiger charge is 2.68. The Bertz CT molecular complexity index is 1820. The van der Waals surface area contributed by atoms with E-state index < -0.39 is 53.9 Å². The molecule has 1 N–H and O–H groups in total. The molecule has 2 aromatic rings. The van der Waals surface area contributed by atoms with E-state index in [1.54, 1.807) is 37.8 Å². The molecule has 5 atom stereocenters. The molecular weight excluding hydrogens is 741 g/mol. The van der Waals surface area contributed by atoms with Gasteiger partial charge in [0.25, 0.3) is 0 Å². The third-order valence-electron chi connectivity index (χ3n) is 12.3. The smallest absolute Gasteiger partial charge is 0.482 e. The number of amides is 3. The molecule has 2 heterocycles. The summed E-state index contributed by atoms with van der Waals surface area (Å²) < 4.78 is 36.5. The van der Waals surface area contributed by atoms with Gasteiger partial charge in [-0.3, -0.25) is 9.69 Å². The van der Waals surface area contributed by atoms with Crippen molar-refractivity contribution < 1.29 is 47.4 Å². The third-order valence-corrected chi connectivity index (χ3v) is 12.3. The Morgan fingerprint density at radius 3 is 2.22 bits per heavy atom. The molecule has 2 aromatic carbocycles. The van der Waals surface area contributed by atoms with Gasteiger partial charge in [0.1, 0.15) is 35.7 Å². The average molecular weight is 804 g/mol. The van der Waals surface area contributed by atoms with Crippen molar-refractivity contribution in [3.05, 3.63) is 65.2 Å². The van der Waals surface area contributed by atoms with E-state index >= 15 is 0 Å². The topological polar surface area (TPSA) is 142 Å². The number of hydrogen-bond donors (Lipinski definition) is 1. The fourth-order valence-electron chi connectivity index (χ4n) is 9.24. The SMILES string of the molecule is COc1c(CC(NC(=O)CN(C(=O)OCc2ccccc2)C2CCN(C(=O)OC(C)(C)C)CC2)B2OC3CC4CC(C4(C)C)C3(C)O2)cccc1C(=O)OC(C)(C)C. The number of nitrogens with zero attached hydrogens (tertiary/aromatic N) is 2. The standard InChI is InChI=1S/C44H62BN3O10/c1-41(2,3)55-38(50)32-18-14-17-29(37(32)53-10)23-35(45-57-34-25-30-24-33(43(30,7)8)44(34,9)58-45)46-36(49)26-48(40(52)54-27-28-15-12-11-13-16-28)31-19-21-47(22-20-31)39(51)56-42(4,5)6/h11-18,30-31,33-35H,19-27H2,1-10H3,(H,46,49). The van der Waals surface area contributed by atoms with Gasteiger partial charge in [0.15, 0.2) is 0 Å². The molecule has 2 aliphatic heterocycles. The fraction of sp³-hybridized carbons (Fsp3) is 0.636. The highest BCUT2D eigenvalue weighted by atomic mass is 16.7. The van der Waals surface area contributed by atoms with Crippen molar-refractivity contribution in [2.75, 3.05) is 26.7 Å². The summed E-state index contributed by atoms with van der Waals surface area (Å²) in [4.78, 5) is 57.5. The highest BCUT2D eigenvalue weighted by molar-refractivity contribution is 6.48. The van der Waals surface area contributed by atoms with Crippen molar-refractivity contribution in [3.63, 3.8) is 0 Å². The van der Waals surface area contributed by atoms with Crippen molar-refractivity contribution in [2.45, 2.75) is 136 Å². The van der Waals surface area contributed by atoms with Crippen molar-refractivity contribution in [1.29, 1.82) is 0 Å². The van der Waals surface area contributed by atoms with Gasteiger partial charge in [-0.25, -0.2) is 14.4 Å². The number of benzene rings is 2. The summed E-state index contributed by atoms with van der Waals surface area (Å²) in [6.07, 6.45) is 1.78. The van der Waals surface area contributed by atoms with E-state index in [0.717, 1.165) is 18.4 Å². The quantitative estimate of drug-likeness (QED) is 0.144. The van der Waals surface area contributed by atoms with Gasteiger partial charge in [0.2, 0.25) is 5.91 Å². The van der Waals surface area contributed by atoms with E-state index in [0.29, 0.717) is 43.2 Å². The number of methoxy groups -OCH3 is 1. The first-order valence-corrected chi connectivity index (χ1v) is 20.7. The number of likely N-dealkylation sites (tertiary alicyclic amines) is 1. The second-order valence-corrected chi connectivity index (χ2v) is 19.1. The molecule has 14 heteroatoms. The lowest BCUT2D eigenvalue weighted by molar-refractivity contribution is -0.199. The second kappa shape index (κ2) is 16.8. The predicted octanol–water partition coefficient (Wildman–Crippen LogP) is 6.98. The minimum atomic E-state index is -0.820. The lowest BCUT2D eigenvalue weighted by atomic mass is 9.43. The molecule has 2 bridgehead atoms. The fourth-order valence-corrected chi connectivity index (χ4v) is 9.24. The van der Waals surface area contributed by atoms with Crippen molar-refractivity contribution in [2.24, 2.45) is 17.3 Å². The Hall–Kier alpha value is -4.30. The minimum absolute atomic E-state index is 0.0349. The summed E-state index contributed by atoms with van der Waals surface area (Å²) in [6.45, 7) is 18.0. The van der Waals surface area contributed by atoms with Crippen molar-refractivity contribution in [3.8, 4) is 5.75 Å². The molecule has 5 fully saturated rings. The lowest BCUT2D eigenvalue weighted by Crippen LogP contribution is -2.65. The second-order valence-electron chi connectivity index (χ2n) is 19.1. The molecule has 3 amide bonds. The first-order valence-electron chi connectivity index (χ1n) is 20.7. The van der Waals surface area contributed by atoms with Gasteiger partial charge >= 0.3 is 25.3 Å². The van der Waals surface area contributed by atoms with Crippen LogP contribution in [-0.4, -0.2) is 103 Å². The van der Waals surface area contributed by atoms with Gasteiger partial charge in [-0.15, -0.1) is 0 Å². The maximum Gasteiger partial charge on any atom is 0.482 e. The summed E-state index contributed by atoms with van der Waals surface area (Å²) in [5.74, 6) is -0.540. The molecule has 316 valence electrons. The zero-order valence-corrected chi connectivity index (χ0v) is 35.9. The Labute approximate surface area is 343 Å². The molecular formula is C44H62BN3O10. The van der Waals surface area contributed by atoms with Crippen LogP contribution < -0.4 is 10.1 Å². The molecule has 58 heavy (non-hydrogen) atoms. The van der Waals surface area contributed by atoms with Crippen molar-refractivity contribution >= 4 is 31.2 Å². The van der Waals surface area contributed by atoms with Crippen LogP contribution in [0.15, 0.2) is 48.5 Å². The molecule has 5 unspecified atom stereocenters. The summed E-state index contributed by atoms with van der Waals surface area (Å²) in [6, 6.07) is 14.2. The number of hydrogen-bond acceptors (Lipinski definition) is 10. The lowest BCUT2D eigenvalue weighted by Gasteiger charge is -2.64. The van der Waals surface area contributed by atoms with Gasteiger partial charge in [0, 0.05) is 19.1 Å². The van der Waals surface area contributed by atoms with E-state index in [4.69, 9.17) is 28.3 Å². The Kier molecular flexibility index (Phi) is 12.5. The average Bonchev–Trinajstić information content (AvgIpc) is 3.52. The zero-order chi connectivity index (χ0) is 42.2. The van der Waals surface area contributed by atoms with Crippen LogP contribution in [0, 0.1) is 17.3 Å². The number of carbonyl (C=O) groups excluding carboxylic acids is 4. The van der Waals surface area contributed by atoms with E-state index in [-0.39, 0.29) is 48.6 Å². The first-order chi connectivity index (χ1) is 27.2. The van der Waals surface area contributed by atoms with E-state index in [1.165, 1.54) is 12.0 Å². The molecule has 0 radical (unpaired) electrons. The summed E-state index contributed by atoms with van der Waals surface area (Å²) in [5.41, 5.74) is -0.0790. The van der Waals surface area contributed by atoms with E-state index in [1.807, 2.05) is 57.2 Å². The van der Waals surface area contributed by atoms with E-state index in [9.17, 15) is 19.2 Å². The van der Waals surface area contributed by atoms with Crippen LogP contribution in [0.3, 0.4) is 0 Å². The number of ether oxygens (including phenoxy) is 4.